The van der Waals surface area contributed by atoms with Crippen molar-refractivity contribution < 1.29 is 9.09 Å². The second kappa shape index (κ2) is 6.98. The maximum atomic E-state index is 13.0. The Balaban J connectivity index is 2.19. The molecule has 0 bridgehead atoms. The monoisotopic (exact) mass is 307 g/mol. The second-order valence-corrected chi connectivity index (χ2v) is 8.61. The van der Waals surface area contributed by atoms with Crippen LogP contribution < -0.4 is 5.09 Å². The fourth-order valence-electron chi connectivity index (χ4n) is 1.64. The van der Waals surface area contributed by atoms with Crippen LogP contribution in [0.5, 0.6) is 0 Å². The Hall–Kier alpha value is -1.22. The molecule has 0 aliphatic carbocycles. The van der Waals surface area contributed by atoms with Gasteiger partial charge in [0.1, 0.15) is 0 Å². The van der Waals surface area contributed by atoms with Gasteiger partial charge in [0.15, 0.2) is 0 Å². The van der Waals surface area contributed by atoms with Crippen LogP contribution >= 0.6 is 18.1 Å². The minimum absolute atomic E-state index is 0.117. The fourth-order valence-corrected chi connectivity index (χ4v) is 5.65. The first-order valence-corrected chi connectivity index (χ1v) is 9.48. The number of anilines is 1. The van der Waals surface area contributed by atoms with E-state index in [1.807, 2.05) is 74.5 Å². The van der Waals surface area contributed by atoms with Crippen LogP contribution in [0.4, 0.5) is 5.69 Å². The smallest absolute Gasteiger partial charge is 0.307 e. The summed E-state index contributed by atoms with van der Waals surface area (Å²) in [6.45, 7) is 0.707. The molecule has 1 unspecified atom stereocenters. The third-order valence-corrected chi connectivity index (χ3v) is 6.20. The van der Waals surface area contributed by atoms with Crippen molar-refractivity contribution in [2.75, 3.05) is 5.09 Å². The van der Waals surface area contributed by atoms with Crippen molar-refractivity contribution in [2.45, 2.75) is 24.8 Å². The predicted molar refractivity (Wildman–Crippen MR) is 86.2 cm³/mol. The quantitative estimate of drug-likeness (QED) is 0.723. The SMILES string of the molecule is CC(C)OP(=O)(Nc1ccccc1)Sc1ccccc1. The first-order chi connectivity index (χ1) is 9.57. The summed E-state index contributed by atoms with van der Waals surface area (Å²) in [4.78, 5) is 0.917. The van der Waals surface area contributed by atoms with E-state index in [9.17, 15) is 4.57 Å². The molecule has 0 heterocycles. The lowest BCUT2D eigenvalue weighted by molar-refractivity contribution is 0.255. The van der Waals surface area contributed by atoms with Crippen molar-refractivity contribution in [1.29, 1.82) is 0 Å². The van der Waals surface area contributed by atoms with Crippen molar-refractivity contribution in [3.05, 3.63) is 60.7 Å². The molecule has 5 heteroatoms. The molecule has 0 aliphatic rings. The second-order valence-electron chi connectivity index (χ2n) is 4.53. The molecule has 2 rings (SSSR count). The lowest BCUT2D eigenvalue weighted by Gasteiger charge is -2.21. The van der Waals surface area contributed by atoms with Crippen LogP contribution in [0.3, 0.4) is 0 Å². The van der Waals surface area contributed by atoms with Gasteiger partial charge in [0.25, 0.3) is 0 Å². The third-order valence-electron chi connectivity index (χ3n) is 2.36. The lowest BCUT2D eigenvalue weighted by atomic mass is 10.3. The molecule has 2 aromatic rings. The van der Waals surface area contributed by atoms with E-state index in [1.165, 1.54) is 11.4 Å². The molecule has 0 aliphatic heterocycles. The van der Waals surface area contributed by atoms with Crippen molar-refractivity contribution >= 4 is 23.8 Å². The van der Waals surface area contributed by atoms with Crippen molar-refractivity contribution in [3.63, 3.8) is 0 Å². The molecule has 0 amide bonds. The van der Waals surface area contributed by atoms with E-state index in [2.05, 4.69) is 5.09 Å². The van der Waals surface area contributed by atoms with Gasteiger partial charge in [-0.2, -0.15) is 0 Å². The maximum absolute atomic E-state index is 13.0. The molecule has 1 N–H and O–H groups in total. The Bertz CT molecular complexity index is 529. The number of para-hydroxylation sites is 1. The van der Waals surface area contributed by atoms with Gasteiger partial charge < -0.3 is 9.61 Å². The van der Waals surface area contributed by atoms with E-state index in [-0.39, 0.29) is 6.10 Å². The molecule has 106 valence electrons. The number of benzene rings is 2. The van der Waals surface area contributed by atoms with Crippen molar-refractivity contribution in [3.8, 4) is 0 Å². The third kappa shape index (κ3) is 4.71. The normalized spacial score (nSPS) is 13.9. The highest BCUT2D eigenvalue weighted by molar-refractivity contribution is 8.57. The topological polar surface area (TPSA) is 38.3 Å². The summed E-state index contributed by atoms with van der Waals surface area (Å²) in [5.74, 6) is 0. The molecule has 0 saturated carbocycles. The molecule has 3 nitrogen and oxygen atoms in total. The van der Waals surface area contributed by atoms with Crippen molar-refractivity contribution in [1.82, 2.24) is 0 Å². The Morgan fingerprint density at radius 2 is 1.55 bits per heavy atom. The van der Waals surface area contributed by atoms with Gasteiger partial charge in [0.05, 0.1) is 6.10 Å². The summed E-state index contributed by atoms with van der Waals surface area (Å²) < 4.78 is 18.6. The van der Waals surface area contributed by atoms with E-state index < -0.39 is 6.72 Å². The number of rotatable bonds is 6. The molecule has 0 spiro atoms. The maximum Gasteiger partial charge on any atom is 0.356 e. The highest BCUT2D eigenvalue weighted by atomic mass is 32.7. The van der Waals surface area contributed by atoms with Crippen LogP contribution in [0.2, 0.25) is 0 Å². The molecule has 0 fully saturated rings. The van der Waals surface area contributed by atoms with Crippen LogP contribution in [0.1, 0.15) is 13.8 Å². The number of nitrogens with one attached hydrogen (secondary N) is 1. The highest BCUT2D eigenvalue weighted by Gasteiger charge is 2.26. The zero-order valence-electron chi connectivity index (χ0n) is 11.5. The highest BCUT2D eigenvalue weighted by Crippen LogP contribution is 2.62. The van der Waals surface area contributed by atoms with Gasteiger partial charge in [-0.3, -0.25) is 4.57 Å². The summed E-state index contributed by atoms with van der Waals surface area (Å²) in [5, 5.41) is 3.03. The summed E-state index contributed by atoms with van der Waals surface area (Å²) in [7, 11) is 0. The minimum Gasteiger partial charge on any atom is -0.307 e. The summed E-state index contributed by atoms with van der Waals surface area (Å²) in [6, 6.07) is 19.1. The van der Waals surface area contributed by atoms with Crippen molar-refractivity contribution in [2.24, 2.45) is 0 Å². The first-order valence-electron chi connectivity index (χ1n) is 6.44. The molecular weight excluding hydrogens is 289 g/mol. The standard InChI is InChI=1S/C15H18NO2PS/c1-13(2)18-19(17,16-14-9-5-3-6-10-14)20-15-11-7-4-8-12-15/h3-13H,1-2H3,(H,16,17). The van der Waals surface area contributed by atoms with Gasteiger partial charge in [-0.25, -0.2) is 0 Å². The van der Waals surface area contributed by atoms with Crippen LogP contribution in [-0.2, 0) is 9.09 Å². The Morgan fingerprint density at radius 1 is 1.00 bits per heavy atom. The van der Waals surface area contributed by atoms with E-state index in [4.69, 9.17) is 4.52 Å². The van der Waals surface area contributed by atoms with E-state index in [0.717, 1.165) is 10.6 Å². The Labute approximate surface area is 124 Å². The fraction of sp³-hybridized carbons (Fsp3) is 0.200. The first kappa shape index (κ1) is 15.2. The molecule has 20 heavy (non-hydrogen) atoms. The van der Waals surface area contributed by atoms with Gasteiger partial charge in [0, 0.05) is 10.6 Å². The Kier molecular flexibility index (Phi) is 5.30. The molecule has 2 aromatic carbocycles. The Morgan fingerprint density at radius 3 is 2.10 bits per heavy atom. The van der Waals surface area contributed by atoms with Crippen LogP contribution in [0.15, 0.2) is 65.6 Å². The number of hydrogen-bond donors (Lipinski definition) is 1. The van der Waals surface area contributed by atoms with E-state index in [1.54, 1.807) is 0 Å². The van der Waals surface area contributed by atoms with Gasteiger partial charge in [-0.05, 0) is 49.5 Å². The summed E-state index contributed by atoms with van der Waals surface area (Å²) in [6.07, 6.45) is -0.117. The lowest BCUT2D eigenvalue weighted by Crippen LogP contribution is -2.04. The van der Waals surface area contributed by atoms with Gasteiger partial charge in [0.2, 0.25) is 0 Å². The summed E-state index contributed by atoms with van der Waals surface area (Å²) in [5.41, 5.74) is 0.792. The van der Waals surface area contributed by atoms with E-state index >= 15 is 0 Å². The molecule has 0 aromatic heterocycles. The van der Waals surface area contributed by atoms with Gasteiger partial charge in [-0.15, -0.1) is 0 Å². The minimum atomic E-state index is -3.05. The molecular formula is C15H18NO2PS. The predicted octanol–water partition coefficient (Wildman–Crippen LogP) is 5.42. The average molecular weight is 307 g/mol. The van der Waals surface area contributed by atoms with Gasteiger partial charge >= 0.3 is 6.72 Å². The zero-order valence-corrected chi connectivity index (χ0v) is 13.2. The largest absolute Gasteiger partial charge is 0.356 e. The van der Waals surface area contributed by atoms with E-state index in [0.29, 0.717) is 0 Å². The summed E-state index contributed by atoms with van der Waals surface area (Å²) >= 11 is 1.24. The van der Waals surface area contributed by atoms with Crippen LogP contribution in [-0.4, -0.2) is 6.10 Å². The molecule has 0 radical (unpaired) electrons. The van der Waals surface area contributed by atoms with Crippen LogP contribution in [0, 0.1) is 0 Å². The molecule has 1 atom stereocenters. The average Bonchev–Trinajstić information content (AvgIpc) is 2.39. The number of hydrogen-bond acceptors (Lipinski definition) is 3. The van der Waals surface area contributed by atoms with Gasteiger partial charge in [-0.1, -0.05) is 36.4 Å². The zero-order chi connectivity index (χ0) is 14.4. The molecule has 0 saturated heterocycles. The van der Waals surface area contributed by atoms with Crippen LogP contribution in [0.25, 0.3) is 0 Å².